The fourth-order valence-electron chi connectivity index (χ4n) is 1.92. The molecule has 0 amide bonds. The van der Waals surface area contributed by atoms with E-state index < -0.39 is 0 Å². The first-order chi connectivity index (χ1) is 8.41. The van der Waals surface area contributed by atoms with Crippen molar-refractivity contribution in [2.45, 2.75) is 84.5 Å². The summed E-state index contributed by atoms with van der Waals surface area (Å²) < 4.78 is 0. The van der Waals surface area contributed by atoms with E-state index in [1.807, 2.05) is 0 Å². The van der Waals surface area contributed by atoms with Crippen LogP contribution >= 0.6 is 0 Å². The summed E-state index contributed by atoms with van der Waals surface area (Å²) in [5, 5.41) is 0. The topological polar surface area (TPSA) is 0 Å². The van der Waals surface area contributed by atoms with Crippen LogP contribution in [0.1, 0.15) is 84.5 Å². The summed E-state index contributed by atoms with van der Waals surface area (Å²) in [5.74, 6) is 0. The van der Waals surface area contributed by atoms with Crippen molar-refractivity contribution in [3.05, 3.63) is 24.3 Å². The standard InChI is InChI=1S/C17H32/c1-3-5-7-9-11-13-15-17-16-14-12-10-8-6-4-2/h5,7-8,10H,3-4,6,9,11-17H2,1-2H3/b7-5+,10-8+. The maximum Gasteiger partial charge on any atom is -0.0351 e. The van der Waals surface area contributed by atoms with E-state index in [4.69, 9.17) is 0 Å². The fourth-order valence-corrected chi connectivity index (χ4v) is 1.92. The molecule has 0 bridgehead atoms. The molecule has 0 heterocycles. The Bertz CT molecular complexity index is 176. The minimum Gasteiger partial charge on any atom is -0.0888 e. The van der Waals surface area contributed by atoms with Gasteiger partial charge in [0.15, 0.2) is 0 Å². The van der Waals surface area contributed by atoms with Crippen LogP contribution in [0.25, 0.3) is 0 Å². The number of hydrogen-bond donors (Lipinski definition) is 0. The third kappa shape index (κ3) is 15.5. The van der Waals surface area contributed by atoms with Gasteiger partial charge < -0.3 is 0 Å². The molecule has 0 rings (SSSR count). The van der Waals surface area contributed by atoms with Gasteiger partial charge in [-0.15, -0.1) is 0 Å². The lowest BCUT2D eigenvalue weighted by atomic mass is 10.1. The van der Waals surface area contributed by atoms with Gasteiger partial charge in [-0.2, -0.15) is 0 Å². The maximum atomic E-state index is 2.36. The van der Waals surface area contributed by atoms with Crippen LogP contribution in [-0.2, 0) is 0 Å². The molecular weight excluding hydrogens is 204 g/mol. The molecule has 0 saturated carbocycles. The Labute approximate surface area is 109 Å². The quantitative estimate of drug-likeness (QED) is 0.270. The van der Waals surface area contributed by atoms with E-state index in [1.54, 1.807) is 0 Å². The number of unbranched alkanes of at least 4 members (excludes halogenated alkanes) is 8. The minimum absolute atomic E-state index is 1.19. The Hall–Kier alpha value is -0.520. The van der Waals surface area contributed by atoms with E-state index in [9.17, 15) is 0 Å². The zero-order valence-corrected chi connectivity index (χ0v) is 12.1. The van der Waals surface area contributed by atoms with Crippen LogP contribution in [0.2, 0.25) is 0 Å². The Morgan fingerprint density at radius 2 is 1.00 bits per heavy atom. The highest BCUT2D eigenvalue weighted by atomic mass is 14.0. The molecule has 0 atom stereocenters. The van der Waals surface area contributed by atoms with Crippen molar-refractivity contribution >= 4 is 0 Å². The average Bonchev–Trinajstić information content (AvgIpc) is 2.35. The average molecular weight is 236 g/mol. The van der Waals surface area contributed by atoms with Crippen molar-refractivity contribution in [1.29, 1.82) is 0 Å². The Kier molecular flexibility index (Phi) is 15.0. The predicted molar refractivity (Wildman–Crippen MR) is 80.4 cm³/mol. The van der Waals surface area contributed by atoms with Crippen molar-refractivity contribution in [2.75, 3.05) is 0 Å². The minimum atomic E-state index is 1.19. The van der Waals surface area contributed by atoms with Crippen molar-refractivity contribution in [1.82, 2.24) is 0 Å². The van der Waals surface area contributed by atoms with Crippen LogP contribution in [0.5, 0.6) is 0 Å². The summed E-state index contributed by atoms with van der Waals surface area (Å²) in [6.45, 7) is 4.44. The lowest BCUT2D eigenvalue weighted by Crippen LogP contribution is -1.79. The van der Waals surface area contributed by atoms with E-state index in [2.05, 4.69) is 38.2 Å². The maximum absolute atomic E-state index is 2.36. The highest BCUT2D eigenvalue weighted by Crippen LogP contribution is 2.09. The van der Waals surface area contributed by atoms with Gasteiger partial charge in [-0.3, -0.25) is 0 Å². The zero-order valence-electron chi connectivity index (χ0n) is 12.1. The highest BCUT2D eigenvalue weighted by molar-refractivity contribution is 4.81. The summed E-state index contributed by atoms with van der Waals surface area (Å²) in [6, 6.07) is 0. The van der Waals surface area contributed by atoms with Crippen molar-refractivity contribution in [3.63, 3.8) is 0 Å². The number of allylic oxidation sites excluding steroid dienone is 4. The second-order valence-electron chi connectivity index (χ2n) is 4.84. The van der Waals surface area contributed by atoms with Gasteiger partial charge in [0.25, 0.3) is 0 Å². The van der Waals surface area contributed by atoms with Gasteiger partial charge in [-0.1, -0.05) is 70.3 Å². The third-order valence-corrected chi connectivity index (χ3v) is 3.02. The van der Waals surface area contributed by atoms with Crippen LogP contribution in [0.15, 0.2) is 24.3 Å². The molecule has 0 aliphatic carbocycles. The van der Waals surface area contributed by atoms with Crippen LogP contribution in [0, 0.1) is 0 Å². The molecule has 0 fully saturated rings. The molecule has 0 radical (unpaired) electrons. The monoisotopic (exact) mass is 236 g/mol. The molecule has 0 aromatic heterocycles. The Morgan fingerprint density at radius 3 is 1.53 bits per heavy atom. The van der Waals surface area contributed by atoms with Gasteiger partial charge in [0.1, 0.15) is 0 Å². The summed E-state index contributed by atoms with van der Waals surface area (Å²) in [7, 11) is 0. The summed E-state index contributed by atoms with van der Waals surface area (Å²) >= 11 is 0. The molecule has 100 valence electrons. The first-order valence-corrected chi connectivity index (χ1v) is 7.71. The first kappa shape index (κ1) is 16.5. The highest BCUT2D eigenvalue weighted by Gasteiger charge is 1.89. The third-order valence-electron chi connectivity index (χ3n) is 3.02. The lowest BCUT2D eigenvalue weighted by Gasteiger charge is -1.99. The van der Waals surface area contributed by atoms with E-state index in [0.29, 0.717) is 0 Å². The second kappa shape index (κ2) is 15.5. The molecule has 0 aromatic carbocycles. The van der Waals surface area contributed by atoms with Gasteiger partial charge in [0, 0.05) is 0 Å². The van der Waals surface area contributed by atoms with E-state index in [0.717, 1.165) is 0 Å². The molecule has 0 heteroatoms. The fraction of sp³-hybridized carbons (Fsp3) is 0.765. The van der Waals surface area contributed by atoms with Crippen LogP contribution in [-0.4, -0.2) is 0 Å². The number of hydrogen-bond acceptors (Lipinski definition) is 0. The van der Waals surface area contributed by atoms with Crippen LogP contribution in [0.3, 0.4) is 0 Å². The van der Waals surface area contributed by atoms with E-state index in [1.165, 1.54) is 70.6 Å². The molecule has 0 N–H and O–H groups in total. The molecule has 17 heavy (non-hydrogen) atoms. The van der Waals surface area contributed by atoms with Crippen molar-refractivity contribution in [2.24, 2.45) is 0 Å². The second-order valence-corrected chi connectivity index (χ2v) is 4.84. The molecule has 0 aliphatic rings. The summed E-state index contributed by atoms with van der Waals surface area (Å²) in [6.07, 6.45) is 24.1. The van der Waals surface area contributed by atoms with Gasteiger partial charge in [-0.25, -0.2) is 0 Å². The molecule has 0 spiro atoms. The van der Waals surface area contributed by atoms with Crippen molar-refractivity contribution < 1.29 is 0 Å². The predicted octanol–water partition coefficient (Wildman–Crippen LogP) is 6.43. The normalized spacial score (nSPS) is 11.9. The Balaban J connectivity index is 3.01. The van der Waals surface area contributed by atoms with E-state index in [-0.39, 0.29) is 0 Å². The molecule has 0 nitrogen and oxygen atoms in total. The van der Waals surface area contributed by atoms with Crippen LogP contribution in [0.4, 0.5) is 0 Å². The zero-order chi connectivity index (χ0) is 12.6. The first-order valence-electron chi connectivity index (χ1n) is 7.71. The summed E-state index contributed by atoms with van der Waals surface area (Å²) in [4.78, 5) is 0. The SMILES string of the molecule is CC/C=C/CCCCCCCC/C=C/CCC. The van der Waals surface area contributed by atoms with Crippen molar-refractivity contribution in [3.8, 4) is 0 Å². The number of rotatable bonds is 12. The smallest absolute Gasteiger partial charge is 0.0351 e. The van der Waals surface area contributed by atoms with Crippen LogP contribution < -0.4 is 0 Å². The van der Waals surface area contributed by atoms with Gasteiger partial charge in [0.05, 0.1) is 0 Å². The van der Waals surface area contributed by atoms with Gasteiger partial charge >= 0.3 is 0 Å². The largest absolute Gasteiger partial charge is 0.0888 e. The molecule has 0 aromatic rings. The lowest BCUT2D eigenvalue weighted by molar-refractivity contribution is 0.599. The van der Waals surface area contributed by atoms with Gasteiger partial charge in [0.2, 0.25) is 0 Å². The van der Waals surface area contributed by atoms with E-state index >= 15 is 0 Å². The Morgan fingerprint density at radius 1 is 0.529 bits per heavy atom. The molecular formula is C17H32. The van der Waals surface area contributed by atoms with Gasteiger partial charge in [-0.05, 0) is 38.5 Å². The molecule has 0 unspecified atom stereocenters. The summed E-state index contributed by atoms with van der Waals surface area (Å²) in [5.41, 5.74) is 0. The molecule has 0 saturated heterocycles. The molecule has 0 aliphatic heterocycles.